The molecule has 3 rings (SSSR count). The molecule has 2 heterocycles. The lowest BCUT2D eigenvalue weighted by Gasteiger charge is -2.04. The Labute approximate surface area is 117 Å². The molecular weight excluding hydrogens is 256 g/mol. The van der Waals surface area contributed by atoms with Crippen molar-refractivity contribution in [3.8, 4) is 11.4 Å². The molecule has 2 aromatic rings. The fourth-order valence-corrected chi connectivity index (χ4v) is 2.31. The van der Waals surface area contributed by atoms with Gasteiger partial charge in [-0.05, 0) is 37.6 Å². The predicted molar refractivity (Wildman–Crippen MR) is 73.5 cm³/mol. The van der Waals surface area contributed by atoms with E-state index in [0.717, 1.165) is 30.0 Å². The number of benzene rings is 1. The Hall–Kier alpha value is -2.30. The van der Waals surface area contributed by atoms with E-state index in [1.807, 2.05) is 31.3 Å². The number of aryl methyl sites for hydroxylation is 1. The highest BCUT2D eigenvalue weighted by molar-refractivity contribution is 5.88. The molecule has 0 aliphatic carbocycles. The number of carbonyl (C=O) groups excluding carboxylic acids is 1. The van der Waals surface area contributed by atoms with Crippen LogP contribution in [0.2, 0.25) is 0 Å². The van der Waals surface area contributed by atoms with Gasteiger partial charge in [-0.2, -0.15) is 5.10 Å². The van der Waals surface area contributed by atoms with Gasteiger partial charge in [0.15, 0.2) is 5.69 Å². The van der Waals surface area contributed by atoms with Crippen molar-refractivity contribution < 1.29 is 14.3 Å². The Balaban J connectivity index is 1.95. The van der Waals surface area contributed by atoms with Crippen LogP contribution < -0.4 is 4.74 Å². The fourth-order valence-electron chi connectivity index (χ4n) is 2.31. The van der Waals surface area contributed by atoms with Crippen LogP contribution in [-0.2, 0) is 11.2 Å². The van der Waals surface area contributed by atoms with Crippen LogP contribution in [-0.4, -0.2) is 29.0 Å². The van der Waals surface area contributed by atoms with E-state index in [9.17, 15) is 4.79 Å². The monoisotopic (exact) mass is 272 g/mol. The van der Waals surface area contributed by atoms with Crippen molar-refractivity contribution >= 4 is 5.97 Å². The van der Waals surface area contributed by atoms with Gasteiger partial charge in [-0.1, -0.05) is 0 Å². The van der Waals surface area contributed by atoms with E-state index in [4.69, 9.17) is 9.47 Å². The molecule has 0 spiro atoms. The zero-order chi connectivity index (χ0) is 14.1. The summed E-state index contributed by atoms with van der Waals surface area (Å²) in [6.45, 7) is 4.71. The van der Waals surface area contributed by atoms with Crippen LogP contribution in [0.15, 0.2) is 24.4 Å². The molecule has 0 fully saturated rings. The molecule has 0 saturated carbocycles. The van der Waals surface area contributed by atoms with E-state index in [1.54, 1.807) is 11.6 Å². The molecule has 0 atom stereocenters. The van der Waals surface area contributed by atoms with Crippen molar-refractivity contribution in [3.05, 3.63) is 41.2 Å². The summed E-state index contributed by atoms with van der Waals surface area (Å²) in [6, 6.07) is 5.92. The van der Waals surface area contributed by atoms with E-state index in [1.165, 1.54) is 5.56 Å². The van der Waals surface area contributed by atoms with E-state index < -0.39 is 0 Å². The maximum absolute atomic E-state index is 11.8. The topological polar surface area (TPSA) is 53.3 Å². The number of hydrogen-bond donors (Lipinski definition) is 0. The smallest absolute Gasteiger partial charge is 0.359 e. The summed E-state index contributed by atoms with van der Waals surface area (Å²) < 4.78 is 12.2. The Bertz CT molecular complexity index is 661. The van der Waals surface area contributed by atoms with Crippen LogP contribution in [0.3, 0.4) is 0 Å². The quantitative estimate of drug-likeness (QED) is 0.804. The third-order valence-corrected chi connectivity index (χ3v) is 3.30. The molecule has 5 heteroatoms. The van der Waals surface area contributed by atoms with Crippen molar-refractivity contribution in [2.75, 3.05) is 13.2 Å². The minimum Gasteiger partial charge on any atom is -0.493 e. The normalized spacial score (nSPS) is 12.9. The molecule has 1 aromatic carbocycles. The van der Waals surface area contributed by atoms with Crippen LogP contribution in [0.1, 0.15) is 28.5 Å². The summed E-state index contributed by atoms with van der Waals surface area (Å²) in [6.07, 6.45) is 2.75. The number of carbonyl (C=O) groups is 1. The van der Waals surface area contributed by atoms with Crippen molar-refractivity contribution in [1.82, 2.24) is 9.78 Å². The molecule has 0 unspecified atom stereocenters. The molecule has 1 aliphatic rings. The van der Waals surface area contributed by atoms with Gasteiger partial charge in [0.1, 0.15) is 5.75 Å². The molecule has 20 heavy (non-hydrogen) atoms. The Morgan fingerprint density at radius 1 is 1.50 bits per heavy atom. The van der Waals surface area contributed by atoms with Crippen molar-refractivity contribution in [3.63, 3.8) is 0 Å². The average molecular weight is 272 g/mol. The lowest BCUT2D eigenvalue weighted by Crippen LogP contribution is -2.07. The molecule has 1 aromatic heterocycles. The largest absolute Gasteiger partial charge is 0.493 e. The first-order valence-electron chi connectivity index (χ1n) is 6.68. The number of ether oxygens (including phenoxy) is 2. The summed E-state index contributed by atoms with van der Waals surface area (Å²) in [5.74, 6) is 0.552. The highest BCUT2D eigenvalue weighted by atomic mass is 16.5. The summed E-state index contributed by atoms with van der Waals surface area (Å²) in [4.78, 5) is 11.8. The van der Waals surface area contributed by atoms with Gasteiger partial charge < -0.3 is 9.47 Å². The van der Waals surface area contributed by atoms with Gasteiger partial charge in [0, 0.05) is 18.2 Å². The van der Waals surface area contributed by atoms with Gasteiger partial charge in [0.05, 0.1) is 18.9 Å². The molecular formula is C15H16N2O3. The van der Waals surface area contributed by atoms with E-state index >= 15 is 0 Å². The second-order valence-electron chi connectivity index (χ2n) is 4.72. The number of fused-ring (bicyclic) bond motifs is 1. The van der Waals surface area contributed by atoms with Gasteiger partial charge in [-0.3, -0.25) is 0 Å². The van der Waals surface area contributed by atoms with Crippen LogP contribution in [0, 0.1) is 6.92 Å². The van der Waals surface area contributed by atoms with Crippen LogP contribution in [0.4, 0.5) is 0 Å². The number of esters is 1. The fraction of sp³-hybridized carbons (Fsp3) is 0.333. The summed E-state index contributed by atoms with van der Waals surface area (Å²) in [5, 5.41) is 4.33. The Kier molecular flexibility index (Phi) is 3.18. The number of rotatable bonds is 3. The maximum Gasteiger partial charge on any atom is 0.359 e. The predicted octanol–water partition coefficient (Wildman–Crippen LogP) is 2.29. The Morgan fingerprint density at radius 3 is 3.15 bits per heavy atom. The summed E-state index contributed by atoms with van der Waals surface area (Å²) >= 11 is 0. The highest BCUT2D eigenvalue weighted by Crippen LogP contribution is 2.27. The molecule has 104 valence electrons. The van der Waals surface area contributed by atoms with Crippen LogP contribution in [0.25, 0.3) is 5.69 Å². The zero-order valence-electron chi connectivity index (χ0n) is 11.5. The standard InChI is InChI=1S/C15H16N2O3/c1-3-19-15(18)14-10(2)9-17(16-14)12-4-5-13-11(8-12)6-7-20-13/h4-5,8-9H,3,6-7H2,1-2H3. The van der Waals surface area contributed by atoms with Gasteiger partial charge in [0.2, 0.25) is 0 Å². The average Bonchev–Trinajstić information content (AvgIpc) is 3.04. The first kappa shape index (κ1) is 12.7. The second-order valence-corrected chi connectivity index (χ2v) is 4.72. The number of nitrogens with zero attached hydrogens (tertiary/aromatic N) is 2. The molecule has 5 nitrogen and oxygen atoms in total. The van der Waals surface area contributed by atoms with Crippen molar-refractivity contribution in [1.29, 1.82) is 0 Å². The summed E-state index contributed by atoms with van der Waals surface area (Å²) in [5.41, 5.74) is 3.27. The van der Waals surface area contributed by atoms with Gasteiger partial charge in [-0.15, -0.1) is 0 Å². The first-order valence-corrected chi connectivity index (χ1v) is 6.68. The van der Waals surface area contributed by atoms with Crippen LogP contribution >= 0.6 is 0 Å². The number of aromatic nitrogens is 2. The molecule has 0 N–H and O–H groups in total. The van der Waals surface area contributed by atoms with Crippen LogP contribution in [0.5, 0.6) is 5.75 Å². The molecule has 0 radical (unpaired) electrons. The van der Waals surface area contributed by atoms with Gasteiger partial charge in [0.25, 0.3) is 0 Å². The molecule has 0 saturated heterocycles. The van der Waals surface area contributed by atoms with Crippen molar-refractivity contribution in [2.24, 2.45) is 0 Å². The zero-order valence-corrected chi connectivity index (χ0v) is 11.5. The summed E-state index contributed by atoms with van der Waals surface area (Å²) in [7, 11) is 0. The molecule has 0 bridgehead atoms. The van der Waals surface area contributed by atoms with E-state index in [2.05, 4.69) is 5.10 Å². The minimum absolute atomic E-state index is 0.349. The van der Waals surface area contributed by atoms with Crippen molar-refractivity contribution in [2.45, 2.75) is 20.3 Å². The maximum atomic E-state index is 11.8. The number of hydrogen-bond acceptors (Lipinski definition) is 4. The first-order chi connectivity index (χ1) is 9.69. The van der Waals surface area contributed by atoms with E-state index in [0.29, 0.717) is 12.3 Å². The minimum atomic E-state index is -0.381. The highest BCUT2D eigenvalue weighted by Gasteiger charge is 2.17. The third-order valence-electron chi connectivity index (χ3n) is 3.30. The third kappa shape index (κ3) is 2.15. The SMILES string of the molecule is CCOC(=O)c1nn(-c2ccc3c(c2)CCO3)cc1C. The lowest BCUT2D eigenvalue weighted by molar-refractivity contribution is 0.0518. The van der Waals surface area contributed by atoms with E-state index in [-0.39, 0.29) is 5.97 Å². The van der Waals surface area contributed by atoms with Gasteiger partial charge in [-0.25, -0.2) is 9.48 Å². The van der Waals surface area contributed by atoms with Gasteiger partial charge >= 0.3 is 5.97 Å². The molecule has 0 amide bonds. The Morgan fingerprint density at radius 2 is 2.35 bits per heavy atom. The molecule has 1 aliphatic heterocycles. The second kappa shape index (κ2) is 5.00. The lowest BCUT2D eigenvalue weighted by atomic mass is 10.1.